The van der Waals surface area contributed by atoms with Gasteiger partial charge in [-0.3, -0.25) is 0 Å². The van der Waals surface area contributed by atoms with Gasteiger partial charge in [-0.15, -0.1) is 6.58 Å². The lowest BCUT2D eigenvalue weighted by Crippen LogP contribution is -2.16. The molecule has 1 atom stereocenters. The summed E-state index contributed by atoms with van der Waals surface area (Å²) in [5, 5.41) is 3.91. The first-order chi connectivity index (χ1) is 4.31. The lowest BCUT2D eigenvalue weighted by molar-refractivity contribution is 0.674. The second kappa shape index (κ2) is 5.35. The maximum absolute atomic E-state index is 3.91. The number of hydrazone groups is 1. The number of hydrogen-bond donors (Lipinski definition) is 1. The zero-order valence-electron chi connectivity index (χ0n) is 6.09. The molecule has 1 N–H and O–H groups in total. The fraction of sp³-hybridized carbons (Fsp3) is 0.571. The molecule has 2 nitrogen and oxygen atoms in total. The van der Waals surface area contributed by atoms with Crippen molar-refractivity contribution in [2.24, 2.45) is 5.10 Å². The van der Waals surface area contributed by atoms with E-state index in [1.54, 1.807) is 0 Å². The van der Waals surface area contributed by atoms with Crippen LogP contribution in [0.4, 0.5) is 0 Å². The van der Waals surface area contributed by atoms with Gasteiger partial charge in [-0.1, -0.05) is 13.0 Å². The van der Waals surface area contributed by atoms with Gasteiger partial charge in [-0.2, -0.15) is 5.10 Å². The molecule has 1 unspecified atom stereocenters. The van der Waals surface area contributed by atoms with Crippen LogP contribution >= 0.6 is 0 Å². The van der Waals surface area contributed by atoms with Crippen molar-refractivity contribution in [1.82, 2.24) is 5.43 Å². The fourth-order valence-electron chi connectivity index (χ4n) is 0.314. The molecule has 52 valence electrons. The van der Waals surface area contributed by atoms with E-state index in [9.17, 15) is 0 Å². The van der Waals surface area contributed by atoms with Crippen LogP contribution in [0.1, 0.15) is 20.3 Å². The molecule has 0 spiro atoms. The van der Waals surface area contributed by atoms with Crippen LogP contribution in [0.3, 0.4) is 0 Å². The van der Waals surface area contributed by atoms with E-state index in [1.807, 2.05) is 26.1 Å². The summed E-state index contributed by atoms with van der Waals surface area (Å²) in [5.74, 6) is 0. The van der Waals surface area contributed by atoms with Crippen molar-refractivity contribution >= 4 is 6.21 Å². The first kappa shape index (κ1) is 8.21. The van der Waals surface area contributed by atoms with E-state index in [-0.39, 0.29) is 6.04 Å². The van der Waals surface area contributed by atoms with Crippen LogP contribution in [0.5, 0.6) is 0 Å². The summed E-state index contributed by atoms with van der Waals surface area (Å²) in [5.41, 5.74) is 2.88. The SMILES string of the molecule is C=CC(C)N/N=C\CC. The van der Waals surface area contributed by atoms with Gasteiger partial charge in [0.1, 0.15) is 0 Å². The molecular weight excluding hydrogens is 112 g/mol. The third-order valence-electron chi connectivity index (χ3n) is 0.906. The van der Waals surface area contributed by atoms with E-state index in [4.69, 9.17) is 0 Å². The summed E-state index contributed by atoms with van der Waals surface area (Å²) < 4.78 is 0. The van der Waals surface area contributed by atoms with E-state index in [0.717, 1.165) is 6.42 Å². The summed E-state index contributed by atoms with van der Waals surface area (Å²) in [6, 6.07) is 0.271. The normalized spacial score (nSPS) is 13.6. The summed E-state index contributed by atoms with van der Waals surface area (Å²) in [4.78, 5) is 0. The molecule has 0 radical (unpaired) electrons. The van der Waals surface area contributed by atoms with Crippen molar-refractivity contribution in [2.75, 3.05) is 0 Å². The highest BCUT2D eigenvalue weighted by atomic mass is 15.3. The number of hydrogen-bond acceptors (Lipinski definition) is 2. The molecule has 0 aliphatic carbocycles. The highest BCUT2D eigenvalue weighted by Gasteiger charge is 1.85. The first-order valence-corrected chi connectivity index (χ1v) is 3.20. The lowest BCUT2D eigenvalue weighted by Gasteiger charge is -2.01. The number of nitrogens with one attached hydrogen (secondary N) is 1. The minimum absolute atomic E-state index is 0.271. The van der Waals surface area contributed by atoms with Gasteiger partial charge in [-0.25, -0.2) is 0 Å². The summed E-state index contributed by atoms with van der Waals surface area (Å²) in [6.45, 7) is 7.65. The molecule has 2 heteroatoms. The van der Waals surface area contributed by atoms with Crippen LogP contribution in [0, 0.1) is 0 Å². The Balaban J connectivity index is 3.25. The van der Waals surface area contributed by atoms with Crippen LogP contribution in [0.25, 0.3) is 0 Å². The average molecular weight is 126 g/mol. The van der Waals surface area contributed by atoms with Gasteiger partial charge in [0, 0.05) is 6.21 Å². The Bertz CT molecular complexity index is 97.1. The molecule has 0 amide bonds. The molecule has 0 aromatic rings. The summed E-state index contributed by atoms with van der Waals surface area (Å²) >= 11 is 0. The van der Waals surface area contributed by atoms with Crippen LogP contribution in [0.15, 0.2) is 17.8 Å². The zero-order chi connectivity index (χ0) is 7.11. The summed E-state index contributed by atoms with van der Waals surface area (Å²) in [7, 11) is 0. The Morgan fingerprint density at radius 1 is 1.78 bits per heavy atom. The topological polar surface area (TPSA) is 24.4 Å². The van der Waals surface area contributed by atoms with Crippen molar-refractivity contribution < 1.29 is 0 Å². The van der Waals surface area contributed by atoms with Gasteiger partial charge in [0.2, 0.25) is 0 Å². The van der Waals surface area contributed by atoms with E-state index < -0.39 is 0 Å². The van der Waals surface area contributed by atoms with E-state index in [1.165, 1.54) is 0 Å². The highest BCUT2D eigenvalue weighted by molar-refractivity contribution is 5.56. The smallest absolute Gasteiger partial charge is 0.0589 e. The molecule has 0 aliphatic heterocycles. The van der Waals surface area contributed by atoms with Gasteiger partial charge in [0.15, 0.2) is 0 Å². The Morgan fingerprint density at radius 3 is 2.89 bits per heavy atom. The first-order valence-electron chi connectivity index (χ1n) is 3.20. The lowest BCUT2D eigenvalue weighted by atomic mass is 10.4. The predicted octanol–water partition coefficient (Wildman–Crippen LogP) is 1.55. The van der Waals surface area contributed by atoms with Crippen molar-refractivity contribution in [3.63, 3.8) is 0 Å². The van der Waals surface area contributed by atoms with Crippen molar-refractivity contribution in [2.45, 2.75) is 26.3 Å². The molecule has 0 saturated heterocycles. The van der Waals surface area contributed by atoms with E-state index >= 15 is 0 Å². The highest BCUT2D eigenvalue weighted by Crippen LogP contribution is 1.79. The minimum atomic E-state index is 0.271. The van der Waals surface area contributed by atoms with Gasteiger partial charge < -0.3 is 5.43 Å². The molecule has 0 rings (SSSR count). The second-order valence-corrected chi connectivity index (χ2v) is 1.87. The number of nitrogens with zero attached hydrogens (tertiary/aromatic N) is 1. The van der Waals surface area contributed by atoms with Crippen LogP contribution in [0.2, 0.25) is 0 Å². The Morgan fingerprint density at radius 2 is 2.44 bits per heavy atom. The van der Waals surface area contributed by atoms with E-state index in [0.29, 0.717) is 0 Å². The Hall–Kier alpha value is -0.790. The predicted molar refractivity (Wildman–Crippen MR) is 41.6 cm³/mol. The van der Waals surface area contributed by atoms with Crippen molar-refractivity contribution in [3.8, 4) is 0 Å². The van der Waals surface area contributed by atoms with Crippen molar-refractivity contribution in [3.05, 3.63) is 12.7 Å². The third kappa shape index (κ3) is 5.07. The number of rotatable bonds is 4. The second-order valence-electron chi connectivity index (χ2n) is 1.87. The molecule has 9 heavy (non-hydrogen) atoms. The Labute approximate surface area is 56.7 Å². The molecule has 0 saturated carbocycles. The van der Waals surface area contributed by atoms with Crippen LogP contribution in [-0.4, -0.2) is 12.3 Å². The van der Waals surface area contributed by atoms with Gasteiger partial charge in [-0.05, 0) is 13.3 Å². The van der Waals surface area contributed by atoms with Gasteiger partial charge in [0.05, 0.1) is 6.04 Å². The van der Waals surface area contributed by atoms with Crippen LogP contribution in [-0.2, 0) is 0 Å². The molecule has 0 aliphatic rings. The van der Waals surface area contributed by atoms with E-state index in [2.05, 4.69) is 17.1 Å². The average Bonchev–Trinajstić information content (AvgIpc) is 1.89. The fourth-order valence-corrected chi connectivity index (χ4v) is 0.314. The zero-order valence-corrected chi connectivity index (χ0v) is 6.09. The quantitative estimate of drug-likeness (QED) is 0.345. The van der Waals surface area contributed by atoms with Gasteiger partial charge >= 0.3 is 0 Å². The minimum Gasteiger partial charge on any atom is -0.304 e. The molecule has 0 fully saturated rings. The molecule has 0 bridgehead atoms. The maximum atomic E-state index is 3.91. The van der Waals surface area contributed by atoms with Gasteiger partial charge in [0.25, 0.3) is 0 Å². The summed E-state index contributed by atoms with van der Waals surface area (Å²) in [6.07, 6.45) is 4.61. The van der Waals surface area contributed by atoms with Crippen molar-refractivity contribution in [1.29, 1.82) is 0 Å². The molecular formula is C7H14N2. The maximum Gasteiger partial charge on any atom is 0.0589 e. The largest absolute Gasteiger partial charge is 0.304 e. The molecule has 0 aromatic heterocycles. The monoisotopic (exact) mass is 126 g/mol. The molecule has 0 aromatic carbocycles. The third-order valence-corrected chi connectivity index (χ3v) is 0.906. The Kier molecular flexibility index (Phi) is 4.88. The molecule has 0 heterocycles. The standard InChI is InChI=1S/C7H14N2/c1-4-6-8-9-7(3)5-2/h5-7,9H,2,4H2,1,3H3/b8-6-. The van der Waals surface area contributed by atoms with Crippen LogP contribution < -0.4 is 5.43 Å².